The molecular formula is C19H23N3O2. The maximum Gasteiger partial charge on any atom is 0.322 e. The monoisotopic (exact) mass is 325 g/mol. The highest BCUT2D eigenvalue weighted by Gasteiger charge is 2.61. The molecule has 4 unspecified atom stereocenters. The molecular weight excluding hydrogens is 302 g/mol. The fraction of sp³-hybridized carbons (Fsp3) is 0.474. The highest BCUT2D eigenvalue weighted by molar-refractivity contribution is 5.90. The maximum atomic E-state index is 12.7. The number of likely N-dealkylation sites (tertiary alicyclic amines) is 1. The molecule has 126 valence electrons. The highest BCUT2D eigenvalue weighted by Crippen LogP contribution is 2.61. The maximum absolute atomic E-state index is 12.7. The molecule has 1 aromatic heterocycles. The molecule has 0 spiro atoms. The van der Waals surface area contributed by atoms with Crippen LogP contribution in [0.15, 0.2) is 28.9 Å². The van der Waals surface area contributed by atoms with Crippen molar-refractivity contribution in [3.63, 3.8) is 0 Å². The number of amides is 2. The zero-order valence-electron chi connectivity index (χ0n) is 14.0. The number of rotatable bonds is 2. The van der Waals surface area contributed by atoms with E-state index in [4.69, 9.17) is 4.42 Å². The van der Waals surface area contributed by atoms with Crippen molar-refractivity contribution in [3.8, 4) is 11.5 Å². The van der Waals surface area contributed by atoms with Crippen LogP contribution in [0.1, 0.15) is 25.5 Å². The molecule has 3 fully saturated rings. The minimum absolute atomic E-state index is 0. The molecule has 3 aliphatic rings. The summed E-state index contributed by atoms with van der Waals surface area (Å²) in [5.74, 6) is 3.04. The van der Waals surface area contributed by atoms with E-state index in [0.29, 0.717) is 11.9 Å². The third-order valence-corrected chi connectivity index (χ3v) is 5.97. The van der Waals surface area contributed by atoms with Gasteiger partial charge in [0.25, 0.3) is 0 Å². The van der Waals surface area contributed by atoms with Gasteiger partial charge in [-0.2, -0.15) is 0 Å². The van der Waals surface area contributed by atoms with Crippen LogP contribution < -0.4 is 5.32 Å². The first-order chi connectivity index (χ1) is 11.6. The molecule has 24 heavy (non-hydrogen) atoms. The number of piperidine rings is 1. The minimum atomic E-state index is 0. The van der Waals surface area contributed by atoms with Crippen molar-refractivity contribution in [1.82, 2.24) is 9.88 Å². The number of benzene rings is 1. The zero-order chi connectivity index (χ0) is 16.4. The van der Waals surface area contributed by atoms with Crippen molar-refractivity contribution in [2.24, 2.45) is 17.8 Å². The molecule has 2 amide bonds. The van der Waals surface area contributed by atoms with Gasteiger partial charge in [-0.15, -0.1) is 0 Å². The normalized spacial score (nSPS) is 29.7. The molecule has 2 saturated carbocycles. The van der Waals surface area contributed by atoms with Crippen LogP contribution >= 0.6 is 0 Å². The third-order valence-electron chi connectivity index (χ3n) is 5.97. The summed E-state index contributed by atoms with van der Waals surface area (Å²) in [6, 6.07) is 6.40. The van der Waals surface area contributed by atoms with Gasteiger partial charge in [-0.1, -0.05) is 6.07 Å². The summed E-state index contributed by atoms with van der Waals surface area (Å²) in [5, 5.41) is 3.07. The molecule has 5 heteroatoms. The summed E-state index contributed by atoms with van der Waals surface area (Å²) in [6.07, 6.45) is 4.18. The number of hydrogen-bond acceptors (Lipinski definition) is 3. The lowest BCUT2D eigenvalue weighted by Crippen LogP contribution is -2.41. The first kappa shape index (κ1) is 14.1. The Morgan fingerprint density at radius 3 is 2.92 bits per heavy atom. The number of aromatic nitrogens is 1. The number of nitrogens with zero attached hydrogens (tertiary/aromatic N) is 2. The molecule has 1 N–H and O–H groups in total. The largest absolute Gasteiger partial charge is 0.444 e. The van der Waals surface area contributed by atoms with Crippen LogP contribution in [0.4, 0.5) is 10.5 Å². The van der Waals surface area contributed by atoms with Crippen LogP contribution in [0.5, 0.6) is 0 Å². The number of nitrogens with one attached hydrogen (secondary N) is 1. The molecule has 0 radical (unpaired) electrons. The fourth-order valence-electron chi connectivity index (χ4n) is 4.67. The fourth-order valence-corrected chi connectivity index (χ4v) is 4.67. The van der Waals surface area contributed by atoms with E-state index in [1.54, 1.807) is 6.26 Å². The summed E-state index contributed by atoms with van der Waals surface area (Å²) < 4.78 is 5.52. The highest BCUT2D eigenvalue weighted by atomic mass is 16.3. The van der Waals surface area contributed by atoms with Gasteiger partial charge in [0.15, 0.2) is 0 Å². The zero-order valence-corrected chi connectivity index (χ0v) is 14.0. The molecule has 1 aliphatic heterocycles. The quantitative estimate of drug-likeness (QED) is 0.905. The van der Waals surface area contributed by atoms with E-state index in [-0.39, 0.29) is 7.46 Å². The summed E-state index contributed by atoms with van der Waals surface area (Å²) in [7, 11) is 0. The Hall–Kier alpha value is -2.30. The van der Waals surface area contributed by atoms with Gasteiger partial charge in [-0.25, -0.2) is 9.78 Å². The first-order valence-corrected chi connectivity index (χ1v) is 8.71. The number of urea groups is 1. The van der Waals surface area contributed by atoms with Gasteiger partial charge >= 0.3 is 6.03 Å². The van der Waals surface area contributed by atoms with Crippen LogP contribution in [-0.4, -0.2) is 28.5 Å². The molecule has 2 bridgehead atoms. The number of aryl methyl sites for hydroxylation is 2. The van der Waals surface area contributed by atoms with Crippen LogP contribution in [0, 0.1) is 31.6 Å². The van der Waals surface area contributed by atoms with Crippen LogP contribution in [0.2, 0.25) is 0 Å². The van der Waals surface area contributed by atoms with Gasteiger partial charge < -0.3 is 14.6 Å². The molecule has 5 nitrogen and oxygen atoms in total. The summed E-state index contributed by atoms with van der Waals surface area (Å²) in [6.45, 7) is 4.85. The van der Waals surface area contributed by atoms with Crippen molar-refractivity contribution in [2.75, 3.05) is 11.9 Å². The Morgan fingerprint density at radius 2 is 2.21 bits per heavy atom. The van der Waals surface area contributed by atoms with Crippen molar-refractivity contribution in [1.29, 1.82) is 0 Å². The lowest BCUT2D eigenvalue weighted by molar-refractivity contribution is 0.190. The average Bonchev–Trinajstić information content (AvgIpc) is 2.92. The van der Waals surface area contributed by atoms with Gasteiger partial charge in [0, 0.05) is 25.3 Å². The van der Waals surface area contributed by atoms with Crippen molar-refractivity contribution < 1.29 is 10.6 Å². The summed E-state index contributed by atoms with van der Waals surface area (Å²) in [4.78, 5) is 19.1. The van der Waals surface area contributed by atoms with Gasteiger partial charge in [-0.05, 0) is 62.1 Å². The molecule has 1 aromatic carbocycles. The second-order valence-electron chi connectivity index (χ2n) is 7.53. The Labute approximate surface area is 142 Å². The molecule has 4 atom stereocenters. The van der Waals surface area contributed by atoms with Crippen LogP contribution in [0.3, 0.4) is 0 Å². The lowest BCUT2D eigenvalue weighted by atomic mass is 10.1. The Kier molecular flexibility index (Phi) is 2.84. The standard InChI is InChI=1S/C19H21N3O2.H2/c1-10-3-4-13(6-14(10)18-20-11(2)9-24-18)21-19(23)22-8-12-5-17(22)16-7-15(12)16;/h3-4,6,9,12,15-17H,5,7-8H2,1-2H3,(H,21,23);1H. The van der Waals surface area contributed by atoms with E-state index in [1.165, 1.54) is 12.8 Å². The van der Waals surface area contributed by atoms with Gasteiger partial charge in [0.2, 0.25) is 5.89 Å². The molecule has 5 rings (SSSR count). The molecule has 2 aromatic rings. The third kappa shape index (κ3) is 2.07. The Bertz CT molecular complexity index is 834. The van der Waals surface area contributed by atoms with Crippen molar-refractivity contribution >= 4 is 11.7 Å². The van der Waals surface area contributed by atoms with Crippen LogP contribution in [0.25, 0.3) is 11.5 Å². The molecule has 1 saturated heterocycles. The molecule has 2 heterocycles. The van der Waals surface area contributed by atoms with E-state index < -0.39 is 0 Å². The Balaban J connectivity index is 0.00000157. The SMILES string of the molecule is Cc1coc(-c2cc(NC(=O)N3CC4CC3C3CC43)ccc2C)n1.[HH]. The van der Waals surface area contributed by atoms with E-state index >= 15 is 0 Å². The molecule has 2 aliphatic carbocycles. The second kappa shape index (κ2) is 4.85. The lowest BCUT2D eigenvalue weighted by Gasteiger charge is -2.27. The first-order valence-electron chi connectivity index (χ1n) is 8.71. The second-order valence-corrected chi connectivity index (χ2v) is 7.53. The Morgan fingerprint density at radius 1 is 1.33 bits per heavy atom. The van der Waals surface area contributed by atoms with Crippen LogP contribution in [-0.2, 0) is 0 Å². The summed E-state index contributed by atoms with van der Waals surface area (Å²) in [5.41, 5.74) is 3.65. The summed E-state index contributed by atoms with van der Waals surface area (Å²) >= 11 is 0. The number of carbonyl (C=O) groups is 1. The minimum Gasteiger partial charge on any atom is -0.444 e. The van der Waals surface area contributed by atoms with E-state index in [9.17, 15) is 4.79 Å². The predicted octanol–water partition coefficient (Wildman–Crippen LogP) is 4.08. The average molecular weight is 325 g/mol. The number of oxazole rings is 1. The van der Waals surface area contributed by atoms with E-state index in [0.717, 1.165) is 46.8 Å². The van der Waals surface area contributed by atoms with Gasteiger partial charge in [-0.3, -0.25) is 0 Å². The van der Waals surface area contributed by atoms with E-state index in [2.05, 4.69) is 10.3 Å². The smallest absolute Gasteiger partial charge is 0.322 e. The van der Waals surface area contributed by atoms with E-state index in [1.807, 2.05) is 36.9 Å². The predicted molar refractivity (Wildman–Crippen MR) is 92.7 cm³/mol. The van der Waals surface area contributed by atoms with Crippen molar-refractivity contribution in [2.45, 2.75) is 32.7 Å². The number of fused-ring (bicyclic) bond motifs is 5. The topological polar surface area (TPSA) is 58.4 Å². The van der Waals surface area contributed by atoms with Crippen molar-refractivity contribution in [3.05, 3.63) is 35.7 Å². The number of hydrogen-bond donors (Lipinski definition) is 1. The van der Waals surface area contributed by atoms with Gasteiger partial charge in [0.05, 0.1) is 5.69 Å². The van der Waals surface area contributed by atoms with Gasteiger partial charge in [0.1, 0.15) is 6.26 Å². The number of carbonyl (C=O) groups excluding carboxylic acids is 1. The number of anilines is 1.